The van der Waals surface area contributed by atoms with Crippen molar-refractivity contribution in [1.82, 2.24) is 4.90 Å². The van der Waals surface area contributed by atoms with Crippen LogP contribution in [0.2, 0.25) is 0 Å². The Labute approximate surface area is 97.6 Å². The van der Waals surface area contributed by atoms with Crippen molar-refractivity contribution in [3.63, 3.8) is 0 Å². The molecule has 0 bridgehead atoms. The molecule has 16 heavy (non-hydrogen) atoms. The molecule has 1 rings (SSSR count). The lowest BCUT2D eigenvalue weighted by Crippen LogP contribution is -2.65. The van der Waals surface area contributed by atoms with Crippen LogP contribution in [-0.4, -0.2) is 46.8 Å². The first-order valence-corrected chi connectivity index (χ1v) is 5.93. The van der Waals surface area contributed by atoms with Gasteiger partial charge in [-0.05, 0) is 27.2 Å². The number of hydrogen-bond donors (Lipinski definition) is 1. The molecule has 94 valence electrons. The highest BCUT2D eigenvalue weighted by molar-refractivity contribution is 5.78. The predicted octanol–water partition coefficient (Wildman–Crippen LogP) is 1.74. The molecule has 1 aliphatic heterocycles. The van der Waals surface area contributed by atoms with Gasteiger partial charge in [0.1, 0.15) is 5.54 Å². The van der Waals surface area contributed by atoms with E-state index in [2.05, 4.69) is 4.90 Å². The quantitative estimate of drug-likeness (QED) is 0.797. The summed E-state index contributed by atoms with van der Waals surface area (Å²) in [5.41, 5.74) is -0.984. The van der Waals surface area contributed by atoms with Gasteiger partial charge in [-0.15, -0.1) is 0 Å². The number of carboxylic acids is 1. The number of morpholine rings is 1. The van der Waals surface area contributed by atoms with Crippen LogP contribution in [0.3, 0.4) is 0 Å². The van der Waals surface area contributed by atoms with E-state index in [-0.39, 0.29) is 5.54 Å². The monoisotopic (exact) mass is 229 g/mol. The highest BCUT2D eigenvalue weighted by atomic mass is 16.5. The molecular formula is C12H23NO3. The second-order valence-corrected chi connectivity index (χ2v) is 5.35. The van der Waals surface area contributed by atoms with Crippen LogP contribution in [0.4, 0.5) is 0 Å². The van der Waals surface area contributed by atoms with Crippen molar-refractivity contribution in [2.75, 3.05) is 19.8 Å². The summed E-state index contributed by atoms with van der Waals surface area (Å²) in [6.07, 6.45) is 1.54. The van der Waals surface area contributed by atoms with Crippen LogP contribution >= 0.6 is 0 Å². The fourth-order valence-corrected chi connectivity index (χ4v) is 2.62. The summed E-state index contributed by atoms with van der Waals surface area (Å²) in [6, 6.07) is 0. The lowest BCUT2D eigenvalue weighted by Gasteiger charge is -2.50. The number of ether oxygens (including phenoxy) is 1. The van der Waals surface area contributed by atoms with Crippen LogP contribution in [0.5, 0.6) is 0 Å². The summed E-state index contributed by atoms with van der Waals surface area (Å²) < 4.78 is 5.43. The fraction of sp³-hybridized carbons (Fsp3) is 0.917. The summed E-state index contributed by atoms with van der Waals surface area (Å²) in [4.78, 5) is 13.6. The Morgan fingerprint density at radius 3 is 2.62 bits per heavy atom. The molecule has 0 aromatic rings. The molecule has 1 saturated heterocycles. The summed E-state index contributed by atoms with van der Waals surface area (Å²) in [5, 5.41) is 9.47. The van der Waals surface area contributed by atoms with Gasteiger partial charge in [0.05, 0.1) is 13.2 Å². The molecule has 0 amide bonds. The van der Waals surface area contributed by atoms with Crippen molar-refractivity contribution < 1.29 is 14.6 Å². The van der Waals surface area contributed by atoms with Gasteiger partial charge in [-0.1, -0.05) is 13.3 Å². The predicted molar refractivity (Wildman–Crippen MR) is 62.6 cm³/mol. The Hall–Kier alpha value is -0.610. The molecule has 0 aromatic carbocycles. The Bertz CT molecular complexity index is 265. The molecule has 1 fully saturated rings. The van der Waals surface area contributed by atoms with E-state index < -0.39 is 11.5 Å². The van der Waals surface area contributed by atoms with Gasteiger partial charge in [-0.25, -0.2) is 0 Å². The molecule has 1 unspecified atom stereocenters. The van der Waals surface area contributed by atoms with E-state index in [0.29, 0.717) is 26.2 Å². The number of hydrogen-bond acceptors (Lipinski definition) is 3. The minimum Gasteiger partial charge on any atom is -0.480 e. The molecule has 1 atom stereocenters. The summed E-state index contributed by atoms with van der Waals surface area (Å²) in [6.45, 7) is 9.85. The maximum absolute atomic E-state index is 11.5. The molecule has 0 aliphatic carbocycles. The molecule has 0 radical (unpaired) electrons. The topological polar surface area (TPSA) is 49.8 Å². The number of carbonyl (C=O) groups is 1. The first-order chi connectivity index (χ1) is 7.34. The Morgan fingerprint density at radius 1 is 1.56 bits per heavy atom. The van der Waals surface area contributed by atoms with Crippen LogP contribution in [0.25, 0.3) is 0 Å². The largest absolute Gasteiger partial charge is 0.480 e. The van der Waals surface area contributed by atoms with E-state index >= 15 is 0 Å². The summed E-state index contributed by atoms with van der Waals surface area (Å²) in [5.74, 6) is -0.732. The number of rotatable bonds is 4. The third-order valence-corrected chi connectivity index (χ3v) is 3.44. The van der Waals surface area contributed by atoms with E-state index in [1.165, 1.54) is 0 Å². The van der Waals surface area contributed by atoms with Crippen molar-refractivity contribution in [3.8, 4) is 0 Å². The Balaban J connectivity index is 2.96. The van der Waals surface area contributed by atoms with Gasteiger partial charge >= 0.3 is 5.97 Å². The normalized spacial score (nSPS) is 25.0. The zero-order valence-electron chi connectivity index (χ0n) is 10.7. The number of nitrogens with zero attached hydrogens (tertiary/aromatic N) is 1. The highest BCUT2D eigenvalue weighted by Gasteiger charge is 2.46. The van der Waals surface area contributed by atoms with E-state index in [0.717, 1.165) is 6.42 Å². The van der Waals surface area contributed by atoms with Crippen molar-refractivity contribution in [3.05, 3.63) is 0 Å². The lowest BCUT2D eigenvalue weighted by atomic mass is 9.87. The molecule has 1 N–H and O–H groups in total. The van der Waals surface area contributed by atoms with Crippen molar-refractivity contribution in [2.45, 2.75) is 51.6 Å². The molecule has 1 heterocycles. The van der Waals surface area contributed by atoms with E-state index in [1.54, 1.807) is 0 Å². The highest BCUT2D eigenvalue weighted by Crippen LogP contribution is 2.31. The van der Waals surface area contributed by atoms with Gasteiger partial charge < -0.3 is 9.84 Å². The zero-order valence-corrected chi connectivity index (χ0v) is 10.7. The maximum atomic E-state index is 11.5. The van der Waals surface area contributed by atoms with Gasteiger partial charge in [0.25, 0.3) is 0 Å². The van der Waals surface area contributed by atoms with E-state index in [9.17, 15) is 9.90 Å². The van der Waals surface area contributed by atoms with Crippen LogP contribution in [-0.2, 0) is 9.53 Å². The zero-order chi connectivity index (χ0) is 12.4. The maximum Gasteiger partial charge on any atom is 0.323 e. The van der Waals surface area contributed by atoms with Crippen molar-refractivity contribution in [2.24, 2.45) is 0 Å². The second-order valence-electron chi connectivity index (χ2n) is 5.35. The molecular weight excluding hydrogens is 206 g/mol. The van der Waals surface area contributed by atoms with Gasteiger partial charge in [0.15, 0.2) is 0 Å². The molecule has 1 aliphatic rings. The van der Waals surface area contributed by atoms with Gasteiger partial charge in [0, 0.05) is 12.1 Å². The third kappa shape index (κ3) is 2.38. The van der Waals surface area contributed by atoms with Gasteiger partial charge in [-0.3, -0.25) is 9.69 Å². The first-order valence-electron chi connectivity index (χ1n) is 5.93. The van der Waals surface area contributed by atoms with Gasteiger partial charge in [0.2, 0.25) is 0 Å². The van der Waals surface area contributed by atoms with Crippen molar-refractivity contribution >= 4 is 5.97 Å². The van der Waals surface area contributed by atoms with Crippen LogP contribution in [0.15, 0.2) is 0 Å². The van der Waals surface area contributed by atoms with Crippen LogP contribution in [0, 0.1) is 0 Å². The summed E-state index contributed by atoms with van der Waals surface area (Å²) >= 11 is 0. The molecule has 0 aromatic heterocycles. The van der Waals surface area contributed by atoms with E-state index in [1.807, 2.05) is 27.7 Å². The standard InChI is InChI=1S/C12H23NO3/c1-5-6-12(4,10(14)15)13-7-8-16-9-11(13,2)3/h5-9H2,1-4H3,(H,14,15). The first kappa shape index (κ1) is 13.5. The Morgan fingerprint density at radius 2 is 2.19 bits per heavy atom. The SMILES string of the molecule is CCCC(C)(C(=O)O)N1CCOCC1(C)C. The number of aliphatic carboxylic acids is 1. The average molecular weight is 229 g/mol. The fourth-order valence-electron chi connectivity index (χ4n) is 2.62. The average Bonchev–Trinajstić information content (AvgIpc) is 2.16. The molecule has 4 nitrogen and oxygen atoms in total. The summed E-state index contributed by atoms with van der Waals surface area (Å²) in [7, 11) is 0. The minimum absolute atomic E-state index is 0.208. The molecule has 0 spiro atoms. The van der Waals surface area contributed by atoms with Crippen LogP contribution in [0.1, 0.15) is 40.5 Å². The third-order valence-electron chi connectivity index (χ3n) is 3.44. The second kappa shape index (κ2) is 4.72. The Kier molecular flexibility index (Phi) is 3.97. The molecule has 0 saturated carbocycles. The van der Waals surface area contributed by atoms with Gasteiger partial charge in [-0.2, -0.15) is 0 Å². The van der Waals surface area contributed by atoms with E-state index in [4.69, 9.17) is 4.74 Å². The van der Waals surface area contributed by atoms with Crippen molar-refractivity contribution in [1.29, 1.82) is 0 Å². The lowest BCUT2D eigenvalue weighted by molar-refractivity contribution is -0.165. The molecule has 4 heteroatoms. The smallest absolute Gasteiger partial charge is 0.323 e. The number of carboxylic acid groups (broad SMARTS) is 1. The minimum atomic E-state index is -0.776. The van der Waals surface area contributed by atoms with Crippen LogP contribution < -0.4 is 0 Å².